The zero-order valence-electron chi connectivity index (χ0n) is 6.91. The van der Waals surface area contributed by atoms with E-state index in [4.69, 9.17) is 5.73 Å². The molecule has 0 saturated carbocycles. The quantitative estimate of drug-likeness (QED) is 0.667. The van der Waals surface area contributed by atoms with Gasteiger partial charge in [-0.05, 0) is 13.0 Å². The lowest BCUT2D eigenvalue weighted by atomic mass is 10.1. The number of rotatable bonds is 1. The molecule has 62 valence electrons. The minimum absolute atomic E-state index is 0.0128. The summed E-state index contributed by atoms with van der Waals surface area (Å²) in [5.41, 5.74) is 7.72. The summed E-state index contributed by atoms with van der Waals surface area (Å²) < 4.78 is 0. The van der Waals surface area contributed by atoms with Crippen molar-refractivity contribution in [1.29, 1.82) is 0 Å². The molecule has 1 unspecified atom stereocenters. The van der Waals surface area contributed by atoms with Crippen molar-refractivity contribution in [3.63, 3.8) is 0 Å². The molecule has 3 nitrogen and oxygen atoms in total. The number of hydrogen-bond acceptors (Lipinski definition) is 2. The van der Waals surface area contributed by atoms with Gasteiger partial charge >= 0.3 is 0 Å². The summed E-state index contributed by atoms with van der Waals surface area (Å²) in [6, 6.07) is 7.97. The van der Waals surface area contributed by atoms with Crippen molar-refractivity contribution in [2.24, 2.45) is 5.73 Å². The molecule has 1 heterocycles. The zero-order valence-corrected chi connectivity index (χ0v) is 6.91. The van der Waals surface area contributed by atoms with Crippen LogP contribution in [0.25, 0.3) is 10.9 Å². The standard InChI is InChI=1S/C9H11N3/c1-6(10)9-7-4-2-3-5-8(7)11-12-9/h2-6H,10H2,1H3,(H,11,12). The number of nitrogens with zero attached hydrogens (tertiary/aromatic N) is 1. The molecule has 0 aliphatic heterocycles. The number of nitrogens with two attached hydrogens (primary N) is 1. The highest BCUT2D eigenvalue weighted by Crippen LogP contribution is 2.18. The summed E-state index contributed by atoms with van der Waals surface area (Å²) >= 11 is 0. The lowest BCUT2D eigenvalue weighted by Crippen LogP contribution is -2.05. The molecule has 0 bridgehead atoms. The SMILES string of the molecule is CC(N)c1n[nH]c2ccccc12. The van der Waals surface area contributed by atoms with E-state index < -0.39 is 0 Å². The molecule has 0 spiro atoms. The van der Waals surface area contributed by atoms with Crippen molar-refractivity contribution in [2.45, 2.75) is 13.0 Å². The Balaban J connectivity index is 2.70. The Kier molecular flexibility index (Phi) is 1.59. The van der Waals surface area contributed by atoms with Crippen molar-refractivity contribution in [3.05, 3.63) is 30.0 Å². The Bertz CT molecular complexity index is 389. The van der Waals surface area contributed by atoms with E-state index in [0.717, 1.165) is 16.6 Å². The maximum absolute atomic E-state index is 5.74. The van der Waals surface area contributed by atoms with Gasteiger partial charge in [0.1, 0.15) is 0 Å². The summed E-state index contributed by atoms with van der Waals surface area (Å²) in [6.45, 7) is 1.93. The summed E-state index contributed by atoms with van der Waals surface area (Å²) in [6.07, 6.45) is 0. The maximum Gasteiger partial charge on any atom is 0.0865 e. The molecule has 2 aromatic rings. The van der Waals surface area contributed by atoms with Crippen LogP contribution in [-0.4, -0.2) is 10.2 Å². The second-order valence-corrected chi connectivity index (χ2v) is 2.94. The molecule has 0 fully saturated rings. The van der Waals surface area contributed by atoms with Gasteiger partial charge in [0.2, 0.25) is 0 Å². The van der Waals surface area contributed by atoms with Crippen molar-refractivity contribution >= 4 is 10.9 Å². The van der Waals surface area contributed by atoms with Crippen LogP contribution in [0, 0.1) is 0 Å². The van der Waals surface area contributed by atoms with Crippen molar-refractivity contribution < 1.29 is 0 Å². The van der Waals surface area contributed by atoms with Crippen LogP contribution in [0.1, 0.15) is 18.7 Å². The third kappa shape index (κ3) is 0.987. The van der Waals surface area contributed by atoms with Gasteiger partial charge < -0.3 is 5.73 Å². The highest BCUT2D eigenvalue weighted by molar-refractivity contribution is 5.81. The molecule has 0 amide bonds. The van der Waals surface area contributed by atoms with E-state index in [1.54, 1.807) is 0 Å². The summed E-state index contributed by atoms with van der Waals surface area (Å²) in [5, 5.41) is 8.20. The molecular weight excluding hydrogens is 150 g/mol. The number of aromatic amines is 1. The molecule has 0 aliphatic carbocycles. The first-order valence-corrected chi connectivity index (χ1v) is 3.97. The average molecular weight is 161 g/mol. The van der Waals surface area contributed by atoms with Crippen LogP contribution in [0.5, 0.6) is 0 Å². The maximum atomic E-state index is 5.74. The van der Waals surface area contributed by atoms with Crippen LogP contribution >= 0.6 is 0 Å². The largest absolute Gasteiger partial charge is 0.323 e. The molecule has 12 heavy (non-hydrogen) atoms. The number of aromatic nitrogens is 2. The smallest absolute Gasteiger partial charge is 0.0865 e. The molecule has 3 heteroatoms. The number of nitrogens with one attached hydrogen (secondary N) is 1. The van der Waals surface area contributed by atoms with Crippen LogP contribution in [-0.2, 0) is 0 Å². The van der Waals surface area contributed by atoms with Gasteiger partial charge in [-0.15, -0.1) is 0 Å². The Morgan fingerprint density at radius 2 is 2.17 bits per heavy atom. The Labute approximate surface area is 70.6 Å². The highest BCUT2D eigenvalue weighted by Gasteiger charge is 2.07. The average Bonchev–Trinajstić information content (AvgIpc) is 2.47. The Hall–Kier alpha value is -1.35. The summed E-state index contributed by atoms with van der Waals surface area (Å²) in [7, 11) is 0. The van der Waals surface area contributed by atoms with E-state index in [9.17, 15) is 0 Å². The first-order chi connectivity index (χ1) is 5.79. The monoisotopic (exact) mass is 161 g/mol. The van der Waals surface area contributed by atoms with Gasteiger partial charge in [0, 0.05) is 11.4 Å². The molecule has 0 radical (unpaired) electrons. The van der Waals surface area contributed by atoms with E-state index in [-0.39, 0.29) is 6.04 Å². The number of hydrogen-bond donors (Lipinski definition) is 2. The van der Waals surface area contributed by atoms with Gasteiger partial charge in [0.25, 0.3) is 0 Å². The molecule has 1 aromatic carbocycles. The predicted molar refractivity (Wildman–Crippen MR) is 48.7 cm³/mol. The molecular formula is C9H11N3. The summed E-state index contributed by atoms with van der Waals surface area (Å²) in [5.74, 6) is 0. The fraction of sp³-hybridized carbons (Fsp3) is 0.222. The van der Waals surface area contributed by atoms with Gasteiger partial charge in [-0.1, -0.05) is 18.2 Å². The first kappa shape index (κ1) is 7.31. The number of fused-ring (bicyclic) bond motifs is 1. The Morgan fingerprint density at radius 1 is 1.42 bits per heavy atom. The van der Waals surface area contributed by atoms with E-state index in [1.165, 1.54) is 0 Å². The summed E-state index contributed by atoms with van der Waals surface area (Å²) in [4.78, 5) is 0. The fourth-order valence-electron chi connectivity index (χ4n) is 1.33. The molecule has 2 rings (SSSR count). The zero-order chi connectivity index (χ0) is 8.55. The fourth-order valence-corrected chi connectivity index (χ4v) is 1.33. The topological polar surface area (TPSA) is 54.7 Å². The minimum Gasteiger partial charge on any atom is -0.323 e. The van der Waals surface area contributed by atoms with Gasteiger partial charge in [-0.2, -0.15) is 5.10 Å². The number of H-pyrrole nitrogens is 1. The third-order valence-electron chi connectivity index (χ3n) is 1.93. The van der Waals surface area contributed by atoms with Crippen molar-refractivity contribution in [1.82, 2.24) is 10.2 Å². The molecule has 1 atom stereocenters. The second-order valence-electron chi connectivity index (χ2n) is 2.94. The van der Waals surface area contributed by atoms with Gasteiger partial charge in [0.05, 0.1) is 11.2 Å². The lowest BCUT2D eigenvalue weighted by molar-refractivity contribution is 0.779. The van der Waals surface area contributed by atoms with E-state index in [0.29, 0.717) is 0 Å². The van der Waals surface area contributed by atoms with Crippen molar-refractivity contribution in [2.75, 3.05) is 0 Å². The van der Waals surface area contributed by atoms with E-state index >= 15 is 0 Å². The number of benzene rings is 1. The molecule has 0 saturated heterocycles. The van der Waals surface area contributed by atoms with Crippen LogP contribution in [0.15, 0.2) is 24.3 Å². The Morgan fingerprint density at radius 3 is 2.92 bits per heavy atom. The first-order valence-electron chi connectivity index (χ1n) is 3.97. The molecule has 0 aliphatic rings. The number of para-hydroxylation sites is 1. The highest BCUT2D eigenvalue weighted by atomic mass is 15.1. The van der Waals surface area contributed by atoms with Gasteiger partial charge in [-0.25, -0.2) is 0 Å². The lowest BCUT2D eigenvalue weighted by Gasteiger charge is -1.98. The predicted octanol–water partition coefficient (Wildman–Crippen LogP) is 1.58. The second kappa shape index (κ2) is 2.60. The minimum atomic E-state index is -0.0128. The van der Waals surface area contributed by atoms with Crippen LogP contribution in [0.3, 0.4) is 0 Å². The molecule has 3 N–H and O–H groups in total. The van der Waals surface area contributed by atoms with Crippen molar-refractivity contribution in [3.8, 4) is 0 Å². The van der Waals surface area contributed by atoms with Gasteiger partial charge in [0.15, 0.2) is 0 Å². The van der Waals surface area contributed by atoms with Gasteiger partial charge in [-0.3, -0.25) is 5.10 Å². The van der Waals surface area contributed by atoms with E-state index in [2.05, 4.69) is 10.2 Å². The third-order valence-corrected chi connectivity index (χ3v) is 1.93. The van der Waals surface area contributed by atoms with Crippen LogP contribution < -0.4 is 5.73 Å². The van der Waals surface area contributed by atoms with Crippen LogP contribution in [0.2, 0.25) is 0 Å². The normalized spacial score (nSPS) is 13.5. The van der Waals surface area contributed by atoms with Crippen LogP contribution in [0.4, 0.5) is 0 Å². The molecule has 1 aromatic heterocycles. The van der Waals surface area contributed by atoms with E-state index in [1.807, 2.05) is 31.2 Å².